The second-order valence-corrected chi connectivity index (χ2v) is 2.45. The molecule has 0 amide bonds. The monoisotopic (exact) mass is 149 g/mol. The van der Waals surface area contributed by atoms with Gasteiger partial charge in [-0.15, -0.1) is 0 Å². The van der Waals surface area contributed by atoms with Crippen LogP contribution in [0.2, 0.25) is 0 Å². The molecule has 0 aromatic rings. The van der Waals surface area contributed by atoms with Crippen molar-refractivity contribution in [1.82, 2.24) is 5.32 Å². The lowest BCUT2D eigenvalue weighted by Crippen LogP contribution is -2.27. The Balaban J connectivity index is 2.34. The van der Waals surface area contributed by atoms with Crippen LogP contribution in [-0.4, -0.2) is 17.8 Å². The van der Waals surface area contributed by atoms with Crippen LogP contribution in [0, 0.1) is 0 Å². The molecule has 0 aromatic carbocycles. The fourth-order valence-corrected chi connectivity index (χ4v) is 1.13. The van der Waals surface area contributed by atoms with Gasteiger partial charge in [0.25, 0.3) is 0 Å². The van der Waals surface area contributed by atoms with Gasteiger partial charge in [-0.1, -0.05) is 6.08 Å². The van der Waals surface area contributed by atoms with E-state index in [4.69, 9.17) is 5.73 Å². The van der Waals surface area contributed by atoms with Gasteiger partial charge < -0.3 is 11.1 Å². The lowest BCUT2D eigenvalue weighted by Gasteiger charge is -2.06. The first kappa shape index (κ1) is 6.15. The number of guanidine groups is 1. The maximum atomic E-state index is 10.8. The number of nitrogens with zero attached hydrogens (tertiary/aromatic N) is 1. The average Bonchev–Trinajstić information content (AvgIpc) is 2.27. The van der Waals surface area contributed by atoms with Gasteiger partial charge in [0.2, 0.25) is 0 Å². The van der Waals surface area contributed by atoms with Crippen LogP contribution in [0.15, 0.2) is 28.9 Å². The molecule has 56 valence electrons. The molecule has 0 fully saturated rings. The summed E-state index contributed by atoms with van der Waals surface area (Å²) in [7, 11) is 0. The molecule has 2 rings (SSSR count). The van der Waals surface area contributed by atoms with Crippen LogP contribution in [0.5, 0.6) is 0 Å². The molecule has 4 nitrogen and oxygen atoms in total. The molecule has 4 heteroatoms. The van der Waals surface area contributed by atoms with Crippen molar-refractivity contribution in [2.75, 3.05) is 0 Å². The van der Waals surface area contributed by atoms with Gasteiger partial charge in [-0.3, -0.25) is 4.79 Å². The van der Waals surface area contributed by atoms with Crippen molar-refractivity contribution in [1.29, 1.82) is 0 Å². The number of allylic oxidation sites excluding steroid dienone is 2. The lowest BCUT2D eigenvalue weighted by atomic mass is 10.1. The van der Waals surface area contributed by atoms with E-state index < -0.39 is 0 Å². The Morgan fingerprint density at radius 1 is 1.64 bits per heavy atom. The van der Waals surface area contributed by atoms with Gasteiger partial charge in [0, 0.05) is 6.08 Å². The Labute approximate surface area is 63.5 Å². The molecule has 0 saturated heterocycles. The summed E-state index contributed by atoms with van der Waals surface area (Å²) in [4.78, 5) is 14.8. The molecule has 0 spiro atoms. The summed E-state index contributed by atoms with van der Waals surface area (Å²) in [5.41, 5.74) is 6.17. The Hall–Kier alpha value is -1.58. The molecule has 0 aromatic heterocycles. The minimum Gasteiger partial charge on any atom is -0.370 e. The van der Waals surface area contributed by atoms with E-state index in [-0.39, 0.29) is 11.8 Å². The van der Waals surface area contributed by atoms with Crippen LogP contribution in [0.1, 0.15) is 0 Å². The number of nitrogens with one attached hydrogen (secondary N) is 1. The minimum atomic E-state index is -0.0623. The van der Waals surface area contributed by atoms with E-state index in [1.807, 2.05) is 0 Å². The Kier molecular flexibility index (Phi) is 1.09. The van der Waals surface area contributed by atoms with Crippen LogP contribution < -0.4 is 11.1 Å². The molecular weight excluding hydrogens is 142 g/mol. The fraction of sp³-hybridized carbons (Fsp3) is 0.143. The second kappa shape index (κ2) is 1.95. The summed E-state index contributed by atoms with van der Waals surface area (Å²) < 4.78 is 0. The van der Waals surface area contributed by atoms with Crippen LogP contribution in [0.4, 0.5) is 0 Å². The van der Waals surface area contributed by atoms with E-state index in [9.17, 15) is 4.79 Å². The highest BCUT2D eigenvalue weighted by molar-refractivity contribution is 6.02. The molecule has 11 heavy (non-hydrogen) atoms. The summed E-state index contributed by atoms with van der Waals surface area (Å²) >= 11 is 0. The highest BCUT2D eigenvalue weighted by Crippen LogP contribution is 2.14. The van der Waals surface area contributed by atoms with Crippen molar-refractivity contribution in [3.05, 3.63) is 23.9 Å². The van der Waals surface area contributed by atoms with Crippen LogP contribution in [0.25, 0.3) is 0 Å². The van der Waals surface area contributed by atoms with Gasteiger partial charge >= 0.3 is 0 Å². The third kappa shape index (κ3) is 0.920. The minimum absolute atomic E-state index is 0.0198. The Morgan fingerprint density at radius 3 is 3.27 bits per heavy atom. The number of nitrogens with two attached hydrogens (primary N) is 1. The smallest absolute Gasteiger partial charge is 0.193 e. The van der Waals surface area contributed by atoms with Crippen LogP contribution in [-0.2, 0) is 4.79 Å². The molecule has 0 radical (unpaired) electrons. The molecule has 1 aliphatic heterocycles. The summed E-state index contributed by atoms with van der Waals surface area (Å²) in [5, 5.41) is 2.80. The van der Waals surface area contributed by atoms with Gasteiger partial charge in [-0.05, 0) is 6.08 Å². The van der Waals surface area contributed by atoms with E-state index in [2.05, 4.69) is 10.3 Å². The molecule has 0 bridgehead atoms. The number of aliphatic imine (C=N–C) groups is 1. The number of fused-ring (bicyclic) bond motifs is 1. The first-order valence-corrected chi connectivity index (χ1v) is 3.30. The molecule has 1 aliphatic carbocycles. The van der Waals surface area contributed by atoms with E-state index in [0.29, 0.717) is 5.96 Å². The number of hydrogen-bond acceptors (Lipinski definition) is 4. The molecular formula is C7H7N3O. The number of rotatable bonds is 0. The first-order chi connectivity index (χ1) is 5.25. The lowest BCUT2D eigenvalue weighted by molar-refractivity contribution is -0.110. The number of ketones is 1. The maximum Gasteiger partial charge on any atom is 0.193 e. The highest BCUT2D eigenvalue weighted by Gasteiger charge is 2.21. The zero-order chi connectivity index (χ0) is 7.84. The number of carbonyl (C=O) groups is 1. The van der Waals surface area contributed by atoms with E-state index in [1.54, 1.807) is 6.08 Å². The first-order valence-electron chi connectivity index (χ1n) is 3.30. The van der Waals surface area contributed by atoms with Crippen molar-refractivity contribution in [3.8, 4) is 0 Å². The quantitative estimate of drug-likeness (QED) is 0.478. The van der Waals surface area contributed by atoms with Crippen LogP contribution in [0.3, 0.4) is 0 Å². The van der Waals surface area contributed by atoms with Crippen molar-refractivity contribution in [3.63, 3.8) is 0 Å². The largest absolute Gasteiger partial charge is 0.370 e. The van der Waals surface area contributed by atoms with E-state index in [1.165, 1.54) is 12.2 Å². The maximum absolute atomic E-state index is 10.8. The molecule has 1 unspecified atom stereocenters. The molecule has 2 aliphatic rings. The standard InChI is InChI=1S/C7H7N3O/c8-7-9-5-2-1-4(11)3-6(5)10-7/h1-3,5H,(H3,8,9,10). The molecule has 3 N–H and O–H groups in total. The summed E-state index contributed by atoms with van der Waals surface area (Å²) in [6.07, 6.45) is 4.73. The average molecular weight is 149 g/mol. The van der Waals surface area contributed by atoms with Crippen molar-refractivity contribution in [2.45, 2.75) is 6.04 Å². The number of hydrogen-bond donors (Lipinski definition) is 2. The van der Waals surface area contributed by atoms with Crippen molar-refractivity contribution in [2.24, 2.45) is 10.7 Å². The number of carbonyl (C=O) groups excluding carboxylic acids is 1. The van der Waals surface area contributed by atoms with E-state index in [0.717, 1.165) is 5.70 Å². The van der Waals surface area contributed by atoms with Crippen molar-refractivity contribution >= 4 is 11.7 Å². The summed E-state index contributed by atoms with van der Waals surface area (Å²) in [5.74, 6) is 0.356. The topological polar surface area (TPSA) is 67.5 Å². The summed E-state index contributed by atoms with van der Waals surface area (Å²) in [6.45, 7) is 0. The Morgan fingerprint density at radius 2 is 2.45 bits per heavy atom. The van der Waals surface area contributed by atoms with Gasteiger partial charge in [0.05, 0.1) is 5.70 Å². The van der Waals surface area contributed by atoms with Gasteiger partial charge in [0.1, 0.15) is 6.04 Å². The zero-order valence-corrected chi connectivity index (χ0v) is 5.74. The molecule has 1 atom stereocenters. The van der Waals surface area contributed by atoms with Crippen molar-refractivity contribution < 1.29 is 4.79 Å². The predicted octanol–water partition coefficient (Wildman–Crippen LogP) is -0.704. The Bertz CT molecular complexity index is 301. The zero-order valence-electron chi connectivity index (χ0n) is 5.74. The third-order valence-electron chi connectivity index (χ3n) is 1.61. The molecule has 1 heterocycles. The van der Waals surface area contributed by atoms with Gasteiger partial charge in [-0.2, -0.15) is 0 Å². The van der Waals surface area contributed by atoms with E-state index >= 15 is 0 Å². The summed E-state index contributed by atoms with van der Waals surface area (Å²) in [6, 6.07) is -0.0623. The predicted molar refractivity (Wildman–Crippen MR) is 40.8 cm³/mol. The van der Waals surface area contributed by atoms with Crippen LogP contribution >= 0.6 is 0 Å². The SMILES string of the molecule is NC1=NC2C=CC(=O)C=C2N1. The second-order valence-electron chi connectivity index (χ2n) is 2.45. The normalized spacial score (nSPS) is 27.3. The molecule has 0 saturated carbocycles. The highest BCUT2D eigenvalue weighted by atomic mass is 16.1. The van der Waals surface area contributed by atoms with Gasteiger partial charge in [0.15, 0.2) is 11.7 Å². The third-order valence-corrected chi connectivity index (χ3v) is 1.61. The van der Waals surface area contributed by atoms with Gasteiger partial charge in [-0.25, -0.2) is 4.99 Å². The fourth-order valence-electron chi connectivity index (χ4n) is 1.13.